The van der Waals surface area contributed by atoms with Crippen molar-refractivity contribution in [1.82, 2.24) is 15.4 Å². The molecule has 0 radical (unpaired) electrons. The first-order valence-corrected chi connectivity index (χ1v) is 6.23. The molecule has 20 heavy (non-hydrogen) atoms. The Kier molecular flexibility index (Phi) is 5.39. The van der Waals surface area contributed by atoms with Gasteiger partial charge in [-0.1, -0.05) is 13.8 Å². The van der Waals surface area contributed by atoms with E-state index < -0.39 is 23.2 Å². The van der Waals surface area contributed by atoms with Crippen molar-refractivity contribution in [3.05, 3.63) is 32.1 Å². The van der Waals surface area contributed by atoms with Gasteiger partial charge < -0.3 is 10.7 Å². The van der Waals surface area contributed by atoms with E-state index in [-0.39, 0.29) is 5.56 Å². The van der Waals surface area contributed by atoms with Crippen LogP contribution in [0.1, 0.15) is 31.5 Å². The number of hydrazone groups is 1. The van der Waals surface area contributed by atoms with Crippen molar-refractivity contribution in [1.29, 1.82) is 0 Å². The zero-order chi connectivity index (χ0) is 15.3. The van der Waals surface area contributed by atoms with Crippen molar-refractivity contribution >= 4 is 12.1 Å². The minimum Gasteiger partial charge on any atom is -0.320 e. The van der Waals surface area contributed by atoms with Gasteiger partial charge in [0, 0.05) is 5.69 Å². The lowest BCUT2D eigenvalue weighted by molar-refractivity contribution is -0.122. The van der Waals surface area contributed by atoms with Gasteiger partial charge >= 0.3 is 5.69 Å². The van der Waals surface area contributed by atoms with Crippen LogP contribution in [0.4, 0.5) is 0 Å². The molecule has 0 unspecified atom stereocenters. The van der Waals surface area contributed by atoms with Crippen LogP contribution in [0, 0.1) is 12.8 Å². The second-order valence-electron chi connectivity index (χ2n) is 4.92. The van der Waals surface area contributed by atoms with Crippen LogP contribution >= 0.6 is 0 Å². The van der Waals surface area contributed by atoms with Crippen molar-refractivity contribution in [2.24, 2.45) is 16.8 Å². The fourth-order valence-electron chi connectivity index (χ4n) is 1.62. The monoisotopic (exact) mass is 281 g/mol. The molecule has 1 amide bonds. The van der Waals surface area contributed by atoms with Crippen LogP contribution in [0.15, 0.2) is 14.7 Å². The minimum absolute atomic E-state index is 0.169. The predicted molar refractivity (Wildman–Crippen MR) is 75.6 cm³/mol. The van der Waals surface area contributed by atoms with E-state index in [1.807, 2.05) is 13.8 Å². The number of H-pyrrole nitrogens is 2. The number of aryl methyl sites for hydroxylation is 1. The van der Waals surface area contributed by atoms with Gasteiger partial charge in [0.15, 0.2) is 0 Å². The molecule has 110 valence electrons. The van der Waals surface area contributed by atoms with Crippen molar-refractivity contribution in [3.8, 4) is 0 Å². The van der Waals surface area contributed by atoms with E-state index in [4.69, 9.17) is 5.73 Å². The first-order chi connectivity index (χ1) is 9.31. The number of nitrogens with zero attached hydrogens (tertiary/aromatic N) is 1. The molecule has 0 saturated heterocycles. The molecule has 5 N–H and O–H groups in total. The summed E-state index contributed by atoms with van der Waals surface area (Å²) in [7, 11) is 0. The molecule has 0 aromatic carbocycles. The van der Waals surface area contributed by atoms with E-state index in [0.717, 1.165) is 0 Å². The van der Waals surface area contributed by atoms with Gasteiger partial charge in [-0.25, -0.2) is 10.2 Å². The highest BCUT2D eigenvalue weighted by atomic mass is 16.2. The second-order valence-corrected chi connectivity index (χ2v) is 4.92. The quantitative estimate of drug-likeness (QED) is 0.415. The molecule has 1 aromatic rings. The summed E-state index contributed by atoms with van der Waals surface area (Å²) in [6.07, 6.45) is 1.71. The van der Waals surface area contributed by atoms with E-state index in [2.05, 4.69) is 20.5 Å². The molecule has 8 nitrogen and oxygen atoms in total. The van der Waals surface area contributed by atoms with Gasteiger partial charge in [0.1, 0.15) is 0 Å². The molecule has 0 aliphatic carbocycles. The van der Waals surface area contributed by atoms with Crippen LogP contribution in [0.2, 0.25) is 0 Å². The standard InChI is InChI=1S/C12H19N5O3/c1-6(2)4-9(13)11(19)17-14-5-8-7(3)15-12(20)16-10(8)18/h5-6,9H,4,13H2,1-3H3,(H,17,19)(H2,15,16,18,20)/b14-5-/t9-/m0/s1. The molecule has 0 bridgehead atoms. The van der Waals surface area contributed by atoms with E-state index >= 15 is 0 Å². The fourth-order valence-corrected chi connectivity index (χ4v) is 1.62. The summed E-state index contributed by atoms with van der Waals surface area (Å²) in [5, 5.41) is 3.67. The Morgan fingerprint density at radius 2 is 2.05 bits per heavy atom. The maximum atomic E-state index is 11.6. The largest absolute Gasteiger partial charge is 0.325 e. The molecule has 1 atom stereocenters. The number of hydrogen-bond acceptors (Lipinski definition) is 5. The van der Waals surface area contributed by atoms with E-state index in [1.165, 1.54) is 6.21 Å². The number of hydrogen-bond donors (Lipinski definition) is 4. The Morgan fingerprint density at radius 1 is 1.40 bits per heavy atom. The van der Waals surface area contributed by atoms with Gasteiger partial charge in [0.2, 0.25) is 0 Å². The smallest absolute Gasteiger partial charge is 0.320 e. The molecule has 0 spiro atoms. The molecule has 1 heterocycles. The Hall–Kier alpha value is -2.22. The number of carbonyl (C=O) groups is 1. The van der Waals surface area contributed by atoms with Crippen molar-refractivity contribution in [2.75, 3.05) is 0 Å². The third-order valence-corrected chi connectivity index (χ3v) is 2.61. The molecule has 0 aliphatic rings. The lowest BCUT2D eigenvalue weighted by atomic mass is 10.0. The van der Waals surface area contributed by atoms with Gasteiger partial charge in [-0.3, -0.25) is 14.6 Å². The normalized spacial score (nSPS) is 12.8. The molecule has 1 rings (SSSR count). The fraction of sp³-hybridized carbons (Fsp3) is 0.500. The van der Waals surface area contributed by atoms with Crippen LogP contribution in [0.25, 0.3) is 0 Å². The maximum absolute atomic E-state index is 11.6. The zero-order valence-electron chi connectivity index (χ0n) is 11.7. The van der Waals surface area contributed by atoms with Crippen LogP contribution < -0.4 is 22.4 Å². The Labute approximate surface area is 115 Å². The van der Waals surface area contributed by atoms with Crippen molar-refractivity contribution in [2.45, 2.75) is 33.2 Å². The molecule has 8 heteroatoms. The van der Waals surface area contributed by atoms with E-state index in [1.54, 1.807) is 6.92 Å². The van der Waals surface area contributed by atoms with Crippen LogP contribution in [0.5, 0.6) is 0 Å². The summed E-state index contributed by atoms with van der Waals surface area (Å²) in [6, 6.07) is -0.651. The van der Waals surface area contributed by atoms with E-state index in [0.29, 0.717) is 18.0 Å². The second kappa shape index (κ2) is 6.80. The third kappa shape index (κ3) is 4.47. The van der Waals surface area contributed by atoms with Crippen LogP contribution in [0.3, 0.4) is 0 Å². The Balaban J connectivity index is 2.73. The van der Waals surface area contributed by atoms with Crippen molar-refractivity contribution in [3.63, 3.8) is 0 Å². The lowest BCUT2D eigenvalue weighted by Gasteiger charge is -2.11. The van der Waals surface area contributed by atoms with E-state index in [9.17, 15) is 14.4 Å². The van der Waals surface area contributed by atoms with Crippen molar-refractivity contribution < 1.29 is 4.79 Å². The average Bonchev–Trinajstić information content (AvgIpc) is 2.31. The molecule has 0 saturated carbocycles. The summed E-state index contributed by atoms with van der Waals surface area (Å²) in [4.78, 5) is 38.6. The van der Waals surface area contributed by atoms with Gasteiger partial charge in [-0.15, -0.1) is 0 Å². The molecular weight excluding hydrogens is 262 g/mol. The highest BCUT2D eigenvalue weighted by molar-refractivity contribution is 5.85. The number of nitrogens with one attached hydrogen (secondary N) is 3. The number of rotatable bonds is 5. The summed E-state index contributed by atoms with van der Waals surface area (Å²) in [5.74, 6) is -0.127. The summed E-state index contributed by atoms with van der Waals surface area (Å²) < 4.78 is 0. The predicted octanol–water partition coefficient (Wildman–Crippen LogP) is -0.805. The first kappa shape index (κ1) is 15.8. The summed E-state index contributed by atoms with van der Waals surface area (Å²) in [6.45, 7) is 5.48. The number of nitrogens with two attached hydrogens (primary N) is 1. The molecular formula is C12H19N5O3. The molecule has 0 aliphatic heterocycles. The summed E-state index contributed by atoms with van der Waals surface area (Å²) in [5.41, 5.74) is 7.31. The average molecular weight is 281 g/mol. The number of carbonyl (C=O) groups excluding carboxylic acids is 1. The molecule has 1 aromatic heterocycles. The van der Waals surface area contributed by atoms with Gasteiger partial charge in [-0.2, -0.15) is 5.10 Å². The maximum Gasteiger partial charge on any atom is 0.325 e. The minimum atomic E-state index is -0.651. The lowest BCUT2D eigenvalue weighted by Crippen LogP contribution is -2.39. The summed E-state index contributed by atoms with van der Waals surface area (Å²) >= 11 is 0. The highest BCUT2D eigenvalue weighted by Crippen LogP contribution is 2.02. The molecule has 0 fully saturated rings. The van der Waals surface area contributed by atoms with Crippen LogP contribution in [-0.2, 0) is 4.79 Å². The number of aromatic amines is 2. The third-order valence-electron chi connectivity index (χ3n) is 2.61. The van der Waals surface area contributed by atoms with Crippen LogP contribution in [-0.4, -0.2) is 28.1 Å². The SMILES string of the molecule is Cc1[nH]c(=O)[nH]c(=O)c1/C=N\NC(=O)[C@@H](N)CC(C)C. The number of aromatic nitrogens is 2. The topological polar surface area (TPSA) is 133 Å². The first-order valence-electron chi connectivity index (χ1n) is 6.23. The van der Waals surface area contributed by atoms with Gasteiger partial charge in [0.05, 0.1) is 17.8 Å². The zero-order valence-corrected chi connectivity index (χ0v) is 11.7. The number of amides is 1. The van der Waals surface area contributed by atoms with Gasteiger partial charge in [-0.05, 0) is 19.3 Å². The Morgan fingerprint density at radius 3 is 2.60 bits per heavy atom. The van der Waals surface area contributed by atoms with Gasteiger partial charge in [0.25, 0.3) is 11.5 Å². The Bertz CT molecular complexity index is 614. The highest BCUT2D eigenvalue weighted by Gasteiger charge is 2.14.